The monoisotopic (exact) mass is 466 g/mol. The van der Waals surface area contributed by atoms with Gasteiger partial charge in [0.05, 0.1) is 22.7 Å². The van der Waals surface area contributed by atoms with Crippen molar-refractivity contribution < 1.29 is 13.2 Å². The number of hydrogen-bond donors (Lipinski definition) is 1. The molecule has 1 N–H and O–H groups in total. The third-order valence-corrected chi connectivity index (χ3v) is 7.78. The normalized spacial score (nSPS) is 20.4. The zero-order valence-corrected chi connectivity index (χ0v) is 20.3. The molecule has 0 radical (unpaired) electrons. The minimum atomic E-state index is -3.96. The summed E-state index contributed by atoms with van der Waals surface area (Å²) in [6, 6.07) is 12.1. The largest absolute Gasteiger partial charge is 0.351 e. The van der Waals surface area contributed by atoms with E-state index >= 15 is 0 Å². The lowest BCUT2D eigenvalue weighted by Gasteiger charge is -2.29. The smallest absolute Gasteiger partial charge is 0.268 e. The van der Waals surface area contributed by atoms with Crippen molar-refractivity contribution in [2.24, 2.45) is 4.99 Å². The van der Waals surface area contributed by atoms with Crippen molar-refractivity contribution in [1.29, 1.82) is 0 Å². The molecule has 1 fully saturated rings. The van der Waals surface area contributed by atoms with Gasteiger partial charge in [0.25, 0.3) is 15.9 Å². The van der Waals surface area contributed by atoms with Crippen LogP contribution in [0.5, 0.6) is 0 Å². The van der Waals surface area contributed by atoms with Crippen molar-refractivity contribution >= 4 is 28.0 Å². The number of carbonyl (C=O) groups excluding carboxylic acids is 1. The standard InChI is InChI=1S/C25H30N4O3S/c1-16(2)19-7-9-20(10-8-19)23-12-11-22(24(27-23)29-17(3)5-6-18(29)4)25(30)28-33(31,32)21-13-14-26-15-21/h7-14,16-18H,5-6,15H2,1-4H3,(H,28,30)/t17-,18+. The van der Waals surface area contributed by atoms with E-state index in [1.165, 1.54) is 17.9 Å². The Morgan fingerprint density at radius 3 is 2.30 bits per heavy atom. The predicted octanol–water partition coefficient (Wildman–Crippen LogP) is 4.28. The number of nitrogens with one attached hydrogen (secondary N) is 1. The first-order valence-corrected chi connectivity index (χ1v) is 12.8. The molecule has 0 spiro atoms. The van der Waals surface area contributed by atoms with E-state index in [0.717, 1.165) is 24.1 Å². The van der Waals surface area contributed by atoms with Crippen LogP contribution in [0.2, 0.25) is 0 Å². The minimum Gasteiger partial charge on any atom is -0.351 e. The van der Waals surface area contributed by atoms with E-state index in [9.17, 15) is 13.2 Å². The Hall–Kier alpha value is -3.00. The molecule has 2 aliphatic heterocycles. The molecule has 2 aromatic rings. The van der Waals surface area contributed by atoms with E-state index in [1.807, 2.05) is 12.1 Å². The maximum Gasteiger partial charge on any atom is 0.268 e. The van der Waals surface area contributed by atoms with Gasteiger partial charge in [0.2, 0.25) is 0 Å². The molecule has 1 aromatic heterocycles. The molecule has 0 unspecified atom stereocenters. The molecular weight excluding hydrogens is 436 g/mol. The Bertz CT molecular complexity index is 1210. The number of aliphatic imine (C=N–C) groups is 1. The molecule has 2 aliphatic rings. The van der Waals surface area contributed by atoms with Gasteiger partial charge in [-0.15, -0.1) is 0 Å². The highest BCUT2D eigenvalue weighted by Crippen LogP contribution is 2.33. The summed E-state index contributed by atoms with van der Waals surface area (Å²) in [6.07, 6.45) is 4.81. The number of carbonyl (C=O) groups is 1. The van der Waals surface area contributed by atoms with E-state index < -0.39 is 15.9 Å². The lowest BCUT2D eigenvalue weighted by molar-refractivity contribution is 0.0982. The first-order valence-electron chi connectivity index (χ1n) is 11.3. The first kappa shape index (κ1) is 23.2. The Balaban J connectivity index is 1.72. The molecule has 1 saturated heterocycles. The topological polar surface area (TPSA) is 91.7 Å². The SMILES string of the molecule is CC(C)c1ccc(-c2ccc(C(=O)NS(=O)(=O)C3=CC=NC3)c(N3[C@H](C)CC[C@@H]3C)n2)cc1. The number of amides is 1. The third kappa shape index (κ3) is 4.71. The summed E-state index contributed by atoms with van der Waals surface area (Å²) in [6.45, 7) is 8.55. The molecule has 0 aliphatic carbocycles. The number of allylic oxidation sites excluding steroid dienone is 1. The molecule has 8 heteroatoms. The maximum atomic E-state index is 13.2. The fourth-order valence-electron chi connectivity index (χ4n) is 4.38. The lowest BCUT2D eigenvalue weighted by atomic mass is 10.0. The molecule has 1 amide bonds. The van der Waals surface area contributed by atoms with Crippen molar-refractivity contribution in [1.82, 2.24) is 9.71 Å². The fraction of sp³-hybridized carbons (Fsp3) is 0.400. The average Bonchev–Trinajstić information content (AvgIpc) is 3.44. The van der Waals surface area contributed by atoms with E-state index in [1.54, 1.807) is 12.1 Å². The summed E-state index contributed by atoms with van der Waals surface area (Å²) in [4.78, 5) is 24.1. The van der Waals surface area contributed by atoms with Crippen molar-refractivity contribution in [3.63, 3.8) is 0 Å². The van der Waals surface area contributed by atoms with E-state index in [4.69, 9.17) is 4.98 Å². The number of hydrogen-bond acceptors (Lipinski definition) is 6. The van der Waals surface area contributed by atoms with Gasteiger partial charge in [-0.2, -0.15) is 0 Å². The lowest BCUT2D eigenvalue weighted by Crippen LogP contribution is -2.37. The molecule has 3 heterocycles. The first-order chi connectivity index (χ1) is 15.7. The zero-order chi connectivity index (χ0) is 23.8. The van der Waals surface area contributed by atoms with Gasteiger partial charge in [0, 0.05) is 23.9 Å². The van der Waals surface area contributed by atoms with Crippen LogP contribution in [-0.2, 0) is 10.0 Å². The van der Waals surface area contributed by atoms with Gasteiger partial charge >= 0.3 is 0 Å². The van der Waals surface area contributed by atoms with Gasteiger partial charge in [0.1, 0.15) is 5.82 Å². The number of rotatable bonds is 6. The van der Waals surface area contributed by atoms with Gasteiger partial charge in [-0.3, -0.25) is 9.79 Å². The van der Waals surface area contributed by atoms with Gasteiger partial charge in [-0.25, -0.2) is 18.1 Å². The molecule has 0 bridgehead atoms. The molecule has 33 heavy (non-hydrogen) atoms. The summed E-state index contributed by atoms with van der Waals surface area (Å²) in [5, 5.41) is 0. The number of nitrogens with zero attached hydrogens (tertiary/aromatic N) is 3. The van der Waals surface area contributed by atoms with Gasteiger partial charge < -0.3 is 4.90 Å². The van der Waals surface area contributed by atoms with Crippen LogP contribution in [0, 0.1) is 0 Å². The summed E-state index contributed by atoms with van der Waals surface area (Å²) >= 11 is 0. The van der Waals surface area contributed by atoms with Crippen molar-refractivity contribution in [2.75, 3.05) is 11.4 Å². The summed E-state index contributed by atoms with van der Waals surface area (Å²) in [5.74, 6) is 0.267. The van der Waals surface area contributed by atoms with Crippen LogP contribution in [0.4, 0.5) is 5.82 Å². The molecule has 7 nitrogen and oxygen atoms in total. The Labute approximate surface area is 195 Å². The predicted molar refractivity (Wildman–Crippen MR) is 132 cm³/mol. The number of anilines is 1. The second-order valence-electron chi connectivity index (χ2n) is 9.08. The van der Waals surface area contributed by atoms with E-state index in [2.05, 4.69) is 54.4 Å². The minimum absolute atomic E-state index is 0.0409. The van der Waals surface area contributed by atoms with Crippen LogP contribution in [-0.4, -0.2) is 44.2 Å². The highest BCUT2D eigenvalue weighted by molar-refractivity contribution is 7.94. The number of pyridine rings is 1. The molecule has 174 valence electrons. The quantitative estimate of drug-likeness (QED) is 0.686. The van der Waals surface area contributed by atoms with Crippen LogP contribution >= 0.6 is 0 Å². The van der Waals surface area contributed by atoms with Crippen LogP contribution in [0.1, 0.15) is 62.4 Å². The summed E-state index contributed by atoms with van der Waals surface area (Å²) in [5.41, 5.74) is 3.19. The zero-order valence-electron chi connectivity index (χ0n) is 19.4. The number of benzene rings is 1. The average molecular weight is 467 g/mol. The molecule has 0 saturated carbocycles. The van der Waals surface area contributed by atoms with Crippen molar-refractivity contribution in [3.05, 3.63) is 58.5 Å². The summed E-state index contributed by atoms with van der Waals surface area (Å²) < 4.78 is 27.5. The number of aromatic nitrogens is 1. The van der Waals surface area contributed by atoms with Gasteiger partial charge in [-0.05, 0) is 56.4 Å². The van der Waals surface area contributed by atoms with Gasteiger partial charge in [0.15, 0.2) is 0 Å². The molecule has 1 aromatic carbocycles. The molecular formula is C25H30N4O3S. The highest BCUT2D eigenvalue weighted by Gasteiger charge is 2.33. The third-order valence-electron chi connectivity index (χ3n) is 6.37. The highest BCUT2D eigenvalue weighted by atomic mass is 32.2. The summed E-state index contributed by atoms with van der Waals surface area (Å²) in [7, 11) is -3.96. The Kier molecular flexibility index (Phi) is 6.38. The van der Waals surface area contributed by atoms with E-state index in [0.29, 0.717) is 11.7 Å². The van der Waals surface area contributed by atoms with Crippen LogP contribution in [0.3, 0.4) is 0 Å². The molecule has 2 atom stereocenters. The second kappa shape index (κ2) is 9.09. The second-order valence-corrected chi connectivity index (χ2v) is 10.8. The fourth-order valence-corrected chi connectivity index (χ4v) is 5.35. The van der Waals surface area contributed by atoms with Crippen molar-refractivity contribution in [2.45, 2.75) is 58.5 Å². The van der Waals surface area contributed by atoms with Gasteiger partial charge in [-0.1, -0.05) is 38.1 Å². The molecule has 4 rings (SSSR count). The van der Waals surface area contributed by atoms with Crippen LogP contribution in [0.25, 0.3) is 11.3 Å². The van der Waals surface area contributed by atoms with Crippen LogP contribution < -0.4 is 9.62 Å². The number of sulfonamides is 1. The Morgan fingerprint density at radius 1 is 1.06 bits per heavy atom. The van der Waals surface area contributed by atoms with Crippen molar-refractivity contribution in [3.8, 4) is 11.3 Å². The Morgan fingerprint density at radius 2 is 1.73 bits per heavy atom. The van der Waals surface area contributed by atoms with E-state index in [-0.39, 0.29) is 29.1 Å². The van der Waals surface area contributed by atoms with Crippen LogP contribution in [0.15, 0.2) is 52.4 Å². The maximum absolute atomic E-state index is 13.2.